The van der Waals surface area contributed by atoms with Crippen molar-refractivity contribution < 1.29 is 0 Å². The lowest BCUT2D eigenvalue weighted by Gasteiger charge is -2.27. The summed E-state index contributed by atoms with van der Waals surface area (Å²) in [5.74, 6) is 0.812. The summed E-state index contributed by atoms with van der Waals surface area (Å²) in [5.41, 5.74) is 2.56. The summed E-state index contributed by atoms with van der Waals surface area (Å²) >= 11 is 0. The fourth-order valence-corrected chi connectivity index (χ4v) is 2.60. The van der Waals surface area contributed by atoms with E-state index in [1.165, 1.54) is 43.6 Å². The molecule has 1 unspecified atom stereocenters. The second kappa shape index (κ2) is 6.12. The molecule has 1 aliphatic heterocycles. The molecule has 0 spiro atoms. The van der Waals surface area contributed by atoms with Crippen LogP contribution in [0.1, 0.15) is 24.0 Å². The van der Waals surface area contributed by atoms with Crippen LogP contribution in [-0.4, -0.2) is 36.6 Å². The van der Waals surface area contributed by atoms with E-state index in [4.69, 9.17) is 0 Å². The quantitative estimate of drug-likeness (QED) is 0.860. The van der Waals surface area contributed by atoms with Crippen LogP contribution in [0.2, 0.25) is 0 Å². The van der Waals surface area contributed by atoms with Gasteiger partial charge in [0.25, 0.3) is 0 Å². The van der Waals surface area contributed by atoms with Crippen molar-refractivity contribution in [3.05, 3.63) is 29.6 Å². The van der Waals surface area contributed by atoms with Crippen LogP contribution in [-0.2, 0) is 6.54 Å². The number of nitrogens with one attached hydrogen (secondary N) is 1. The minimum absolute atomic E-state index is 0.812. The van der Waals surface area contributed by atoms with Crippen molar-refractivity contribution in [1.82, 2.24) is 15.2 Å². The van der Waals surface area contributed by atoms with Gasteiger partial charge in [-0.25, -0.2) is 0 Å². The Hall–Kier alpha value is -0.930. The van der Waals surface area contributed by atoms with Crippen LogP contribution >= 0.6 is 0 Å². The molecule has 2 heterocycles. The third-order valence-electron chi connectivity index (χ3n) is 3.35. The molecule has 2 rings (SSSR count). The smallest absolute Gasteiger partial charge is 0.0313 e. The monoisotopic (exact) mass is 233 g/mol. The van der Waals surface area contributed by atoms with E-state index in [-0.39, 0.29) is 0 Å². The van der Waals surface area contributed by atoms with Crippen LogP contribution in [0.25, 0.3) is 0 Å². The summed E-state index contributed by atoms with van der Waals surface area (Å²) in [4.78, 5) is 6.66. The van der Waals surface area contributed by atoms with Gasteiger partial charge in [-0.05, 0) is 56.9 Å². The number of aryl methyl sites for hydroxylation is 1. The van der Waals surface area contributed by atoms with Gasteiger partial charge in [0, 0.05) is 25.5 Å². The number of piperidine rings is 1. The Morgan fingerprint density at radius 1 is 1.47 bits per heavy atom. The number of rotatable bonds is 4. The highest BCUT2D eigenvalue weighted by molar-refractivity contribution is 5.16. The van der Waals surface area contributed by atoms with Gasteiger partial charge in [0.05, 0.1) is 0 Å². The molecule has 17 heavy (non-hydrogen) atoms. The molecule has 0 amide bonds. The summed E-state index contributed by atoms with van der Waals surface area (Å²) in [6.07, 6.45) is 6.57. The summed E-state index contributed by atoms with van der Waals surface area (Å²) in [6, 6.07) is 2.22. The molecule has 0 aliphatic carbocycles. The van der Waals surface area contributed by atoms with E-state index in [1.54, 1.807) is 0 Å². The average molecular weight is 233 g/mol. The van der Waals surface area contributed by atoms with Crippen molar-refractivity contribution in [2.75, 3.05) is 26.7 Å². The molecule has 1 aromatic heterocycles. The van der Waals surface area contributed by atoms with Crippen molar-refractivity contribution in [3.63, 3.8) is 0 Å². The number of nitrogens with zero attached hydrogens (tertiary/aromatic N) is 2. The molecule has 94 valence electrons. The van der Waals surface area contributed by atoms with E-state index in [0.717, 1.165) is 12.5 Å². The molecule has 1 fully saturated rings. The van der Waals surface area contributed by atoms with Crippen LogP contribution in [0.3, 0.4) is 0 Å². The van der Waals surface area contributed by atoms with Crippen molar-refractivity contribution in [1.29, 1.82) is 0 Å². The van der Waals surface area contributed by atoms with Crippen LogP contribution in [0.5, 0.6) is 0 Å². The highest BCUT2D eigenvalue weighted by Crippen LogP contribution is 2.12. The highest BCUT2D eigenvalue weighted by atomic mass is 15.1. The molecule has 0 radical (unpaired) electrons. The molecule has 1 aromatic rings. The van der Waals surface area contributed by atoms with Gasteiger partial charge in [-0.15, -0.1) is 0 Å². The standard InChI is InChI=1S/C14H23N3/c1-12-6-14(9-16-7-12)11-17(2)10-13-4-3-5-15-8-13/h6-7,9,13,15H,3-5,8,10-11H2,1-2H3. The van der Waals surface area contributed by atoms with Gasteiger partial charge in [0.15, 0.2) is 0 Å². The Bertz CT molecular complexity index is 345. The van der Waals surface area contributed by atoms with E-state index in [1.807, 2.05) is 12.4 Å². The third-order valence-corrected chi connectivity index (χ3v) is 3.35. The molecule has 0 aromatic carbocycles. The summed E-state index contributed by atoms with van der Waals surface area (Å²) in [7, 11) is 2.21. The van der Waals surface area contributed by atoms with Crippen molar-refractivity contribution in [3.8, 4) is 0 Å². The van der Waals surface area contributed by atoms with Gasteiger partial charge >= 0.3 is 0 Å². The fraction of sp³-hybridized carbons (Fsp3) is 0.643. The largest absolute Gasteiger partial charge is 0.316 e. The molecule has 0 saturated carbocycles. The van der Waals surface area contributed by atoms with Gasteiger partial charge in [-0.1, -0.05) is 6.07 Å². The first-order valence-corrected chi connectivity index (χ1v) is 6.54. The Labute approximate surface area is 104 Å². The van der Waals surface area contributed by atoms with Crippen LogP contribution in [0.4, 0.5) is 0 Å². The van der Waals surface area contributed by atoms with Gasteiger partial charge in [0.2, 0.25) is 0 Å². The number of pyridine rings is 1. The maximum atomic E-state index is 4.25. The second-order valence-electron chi connectivity index (χ2n) is 5.28. The van der Waals surface area contributed by atoms with E-state index in [0.29, 0.717) is 0 Å². The fourth-order valence-electron chi connectivity index (χ4n) is 2.60. The predicted octanol–water partition coefficient (Wildman–Crippen LogP) is 1.82. The van der Waals surface area contributed by atoms with E-state index < -0.39 is 0 Å². The molecule has 1 saturated heterocycles. The molecule has 3 nitrogen and oxygen atoms in total. The lowest BCUT2D eigenvalue weighted by molar-refractivity contribution is 0.237. The Kier molecular flexibility index (Phi) is 4.51. The van der Waals surface area contributed by atoms with Gasteiger partial charge in [-0.3, -0.25) is 4.98 Å². The second-order valence-corrected chi connectivity index (χ2v) is 5.28. The van der Waals surface area contributed by atoms with Gasteiger partial charge < -0.3 is 10.2 Å². The highest BCUT2D eigenvalue weighted by Gasteiger charge is 2.14. The predicted molar refractivity (Wildman–Crippen MR) is 70.9 cm³/mol. The molecular formula is C14H23N3. The van der Waals surface area contributed by atoms with Crippen molar-refractivity contribution in [2.24, 2.45) is 5.92 Å². The Balaban J connectivity index is 1.82. The first-order valence-electron chi connectivity index (χ1n) is 6.54. The number of aromatic nitrogens is 1. The SMILES string of the molecule is Cc1cncc(CN(C)CC2CCCNC2)c1. The topological polar surface area (TPSA) is 28.2 Å². The first-order chi connectivity index (χ1) is 8.24. The molecule has 1 aliphatic rings. The van der Waals surface area contributed by atoms with Gasteiger partial charge in [-0.2, -0.15) is 0 Å². The van der Waals surface area contributed by atoms with Crippen molar-refractivity contribution in [2.45, 2.75) is 26.3 Å². The number of hydrogen-bond acceptors (Lipinski definition) is 3. The van der Waals surface area contributed by atoms with Gasteiger partial charge in [0.1, 0.15) is 0 Å². The van der Waals surface area contributed by atoms with E-state index >= 15 is 0 Å². The maximum absolute atomic E-state index is 4.25. The lowest BCUT2D eigenvalue weighted by atomic mass is 9.99. The average Bonchev–Trinajstić information content (AvgIpc) is 2.30. The Morgan fingerprint density at radius 3 is 3.06 bits per heavy atom. The van der Waals surface area contributed by atoms with Crippen LogP contribution < -0.4 is 5.32 Å². The number of hydrogen-bond donors (Lipinski definition) is 1. The maximum Gasteiger partial charge on any atom is 0.0313 e. The zero-order chi connectivity index (χ0) is 12.1. The van der Waals surface area contributed by atoms with Crippen LogP contribution in [0.15, 0.2) is 18.5 Å². The van der Waals surface area contributed by atoms with Crippen LogP contribution in [0, 0.1) is 12.8 Å². The van der Waals surface area contributed by atoms with E-state index in [9.17, 15) is 0 Å². The summed E-state index contributed by atoms with van der Waals surface area (Å²) in [5, 5.41) is 3.47. The minimum atomic E-state index is 0.812. The molecular weight excluding hydrogens is 210 g/mol. The summed E-state index contributed by atoms with van der Waals surface area (Å²) < 4.78 is 0. The third kappa shape index (κ3) is 4.10. The Morgan fingerprint density at radius 2 is 2.35 bits per heavy atom. The molecule has 1 atom stereocenters. The molecule has 0 bridgehead atoms. The van der Waals surface area contributed by atoms with E-state index in [2.05, 4.69) is 35.2 Å². The lowest BCUT2D eigenvalue weighted by Crippen LogP contribution is -2.36. The normalized spacial score (nSPS) is 20.8. The minimum Gasteiger partial charge on any atom is -0.316 e. The zero-order valence-electron chi connectivity index (χ0n) is 10.9. The summed E-state index contributed by atoms with van der Waals surface area (Å²) in [6.45, 7) is 6.66. The first kappa shape index (κ1) is 12.5. The zero-order valence-corrected chi connectivity index (χ0v) is 10.9. The molecule has 1 N–H and O–H groups in total. The molecule has 3 heteroatoms. The van der Waals surface area contributed by atoms with Crippen molar-refractivity contribution >= 4 is 0 Å².